The Morgan fingerprint density at radius 1 is 1.14 bits per heavy atom. The average molecular weight is 437 g/mol. The Bertz CT molecular complexity index is 968. The number of aromatic nitrogens is 3. The van der Waals surface area contributed by atoms with Gasteiger partial charge in [-0.05, 0) is 43.2 Å². The van der Waals surface area contributed by atoms with E-state index in [1.54, 1.807) is 24.5 Å². The first-order valence-electron chi connectivity index (χ1n) is 8.93. The number of hydrogen-bond donors (Lipinski definition) is 0. The number of furan rings is 1. The lowest BCUT2D eigenvalue weighted by atomic mass is 10.1. The SMILES string of the molecule is O=C(CSc1nnc(N2CCCC2)n1Cc1ccco1)c1ccc(Cl)c(Cl)c1. The number of anilines is 1. The van der Waals surface area contributed by atoms with Crippen LogP contribution < -0.4 is 4.90 Å². The topological polar surface area (TPSA) is 64.2 Å². The summed E-state index contributed by atoms with van der Waals surface area (Å²) in [6, 6.07) is 8.68. The summed E-state index contributed by atoms with van der Waals surface area (Å²) >= 11 is 13.3. The van der Waals surface area contributed by atoms with Gasteiger partial charge in [0, 0.05) is 18.7 Å². The van der Waals surface area contributed by atoms with E-state index in [0.29, 0.717) is 27.3 Å². The number of benzene rings is 1. The van der Waals surface area contributed by atoms with Crippen LogP contribution >= 0.6 is 35.0 Å². The maximum atomic E-state index is 12.6. The summed E-state index contributed by atoms with van der Waals surface area (Å²) in [4.78, 5) is 14.8. The molecule has 0 bridgehead atoms. The van der Waals surface area contributed by atoms with Crippen molar-refractivity contribution in [2.75, 3.05) is 23.7 Å². The largest absolute Gasteiger partial charge is 0.467 e. The van der Waals surface area contributed by atoms with Gasteiger partial charge in [0.25, 0.3) is 0 Å². The predicted molar refractivity (Wildman–Crippen MR) is 111 cm³/mol. The molecule has 4 rings (SSSR count). The number of carbonyl (C=O) groups excluding carboxylic acids is 1. The summed E-state index contributed by atoms with van der Waals surface area (Å²) in [7, 11) is 0. The summed E-state index contributed by atoms with van der Waals surface area (Å²) in [5, 5.41) is 10.2. The summed E-state index contributed by atoms with van der Waals surface area (Å²) in [6.07, 6.45) is 3.94. The predicted octanol–water partition coefficient (Wildman–Crippen LogP) is 4.80. The van der Waals surface area contributed by atoms with Crippen LogP contribution in [0.3, 0.4) is 0 Å². The third kappa shape index (κ3) is 4.21. The quantitative estimate of drug-likeness (QED) is 0.391. The van der Waals surface area contributed by atoms with E-state index in [1.807, 2.05) is 16.7 Å². The average Bonchev–Trinajstić information content (AvgIpc) is 3.44. The van der Waals surface area contributed by atoms with Gasteiger partial charge in [-0.1, -0.05) is 35.0 Å². The van der Waals surface area contributed by atoms with Gasteiger partial charge in [0.2, 0.25) is 5.95 Å². The molecule has 0 saturated carbocycles. The Hall–Kier alpha value is -1.96. The van der Waals surface area contributed by atoms with Gasteiger partial charge in [-0.25, -0.2) is 0 Å². The molecular formula is C19H18Cl2N4O2S. The first-order valence-corrected chi connectivity index (χ1v) is 10.7. The second kappa shape index (κ2) is 8.59. The molecular weight excluding hydrogens is 419 g/mol. The smallest absolute Gasteiger partial charge is 0.228 e. The van der Waals surface area contributed by atoms with Gasteiger partial charge in [0.05, 0.1) is 28.6 Å². The molecule has 1 saturated heterocycles. The van der Waals surface area contributed by atoms with Crippen molar-refractivity contribution in [2.24, 2.45) is 0 Å². The first kappa shape index (κ1) is 19.4. The third-order valence-electron chi connectivity index (χ3n) is 4.55. The van der Waals surface area contributed by atoms with Crippen LogP contribution in [0, 0.1) is 0 Å². The maximum Gasteiger partial charge on any atom is 0.228 e. The molecule has 0 atom stereocenters. The summed E-state index contributed by atoms with van der Waals surface area (Å²) in [5.74, 6) is 1.82. The van der Waals surface area contributed by atoms with E-state index >= 15 is 0 Å². The third-order valence-corrected chi connectivity index (χ3v) is 6.26. The van der Waals surface area contributed by atoms with Gasteiger partial charge < -0.3 is 9.32 Å². The van der Waals surface area contributed by atoms with Crippen molar-refractivity contribution in [3.8, 4) is 0 Å². The standard InChI is InChI=1S/C19H18Cl2N4O2S/c20-15-6-5-13(10-16(15)21)17(26)12-28-19-23-22-18(24-7-1-2-8-24)25(19)11-14-4-3-9-27-14/h3-6,9-10H,1-2,7-8,11-12H2. The Morgan fingerprint density at radius 3 is 2.68 bits per heavy atom. The van der Waals surface area contributed by atoms with Gasteiger partial charge in [0.15, 0.2) is 10.9 Å². The van der Waals surface area contributed by atoms with Crippen LogP contribution in [0.1, 0.15) is 29.0 Å². The summed E-state index contributed by atoms with van der Waals surface area (Å²) in [6.45, 7) is 2.45. The van der Waals surface area contributed by atoms with Gasteiger partial charge >= 0.3 is 0 Å². The summed E-state index contributed by atoms with van der Waals surface area (Å²) < 4.78 is 7.51. The van der Waals surface area contributed by atoms with Crippen LogP contribution in [-0.4, -0.2) is 39.4 Å². The highest BCUT2D eigenvalue weighted by molar-refractivity contribution is 7.99. The van der Waals surface area contributed by atoms with Crippen LogP contribution in [0.2, 0.25) is 10.0 Å². The Kier molecular flexibility index (Phi) is 5.94. The molecule has 1 aliphatic heterocycles. The van der Waals surface area contributed by atoms with Crippen molar-refractivity contribution in [1.82, 2.24) is 14.8 Å². The normalized spacial score (nSPS) is 14.0. The Balaban J connectivity index is 1.53. The molecule has 2 aromatic heterocycles. The van der Waals surface area contributed by atoms with Crippen LogP contribution in [0.25, 0.3) is 0 Å². The minimum atomic E-state index is -0.0427. The molecule has 0 unspecified atom stereocenters. The van der Waals surface area contributed by atoms with Gasteiger partial charge in [0.1, 0.15) is 5.76 Å². The number of hydrogen-bond acceptors (Lipinski definition) is 6. The van der Waals surface area contributed by atoms with E-state index < -0.39 is 0 Å². The molecule has 3 heterocycles. The fraction of sp³-hybridized carbons (Fsp3) is 0.316. The number of Topliss-reactive ketones (excluding diaryl/α,β-unsaturated/α-hetero) is 1. The van der Waals surface area contributed by atoms with Crippen molar-refractivity contribution in [2.45, 2.75) is 24.5 Å². The first-order chi connectivity index (χ1) is 13.6. The van der Waals surface area contributed by atoms with Crippen molar-refractivity contribution >= 4 is 46.7 Å². The molecule has 3 aromatic rings. The van der Waals surface area contributed by atoms with Crippen LogP contribution in [0.4, 0.5) is 5.95 Å². The molecule has 146 valence electrons. The zero-order chi connectivity index (χ0) is 19.5. The van der Waals surface area contributed by atoms with E-state index in [2.05, 4.69) is 15.1 Å². The molecule has 28 heavy (non-hydrogen) atoms. The zero-order valence-corrected chi connectivity index (χ0v) is 17.3. The molecule has 1 aliphatic rings. The second-order valence-corrected chi connectivity index (χ2v) is 8.24. The van der Waals surface area contributed by atoms with Crippen molar-refractivity contribution in [3.63, 3.8) is 0 Å². The van der Waals surface area contributed by atoms with E-state index in [4.69, 9.17) is 27.6 Å². The molecule has 0 radical (unpaired) electrons. The lowest BCUT2D eigenvalue weighted by Crippen LogP contribution is -2.22. The Morgan fingerprint density at radius 2 is 1.96 bits per heavy atom. The van der Waals surface area contributed by atoms with E-state index in [1.165, 1.54) is 11.8 Å². The molecule has 1 aromatic carbocycles. The highest BCUT2D eigenvalue weighted by atomic mass is 35.5. The molecule has 0 aliphatic carbocycles. The van der Waals surface area contributed by atoms with Crippen LogP contribution in [-0.2, 0) is 6.54 Å². The number of halogens is 2. The highest BCUT2D eigenvalue weighted by Crippen LogP contribution is 2.27. The fourth-order valence-corrected chi connectivity index (χ4v) is 4.24. The maximum absolute atomic E-state index is 12.6. The lowest BCUT2D eigenvalue weighted by Gasteiger charge is -2.17. The number of carbonyl (C=O) groups is 1. The van der Waals surface area contributed by atoms with Gasteiger partial charge in [-0.2, -0.15) is 0 Å². The molecule has 0 amide bonds. The second-order valence-electron chi connectivity index (χ2n) is 6.48. The van der Waals surface area contributed by atoms with Crippen LogP contribution in [0.15, 0.2) is 46.2 Å². The van der Waals surface area contributed by atoms with Crippen molar-refractivity contribution < 1.29 is 9.21 Å². The van der Waals surface area contributed by atoms with E-state index in [-0.39, 0.29) is 11.5 Å². The molecule has 0 N–H and O–H groups in total. The molecule has 0 spiro atoms. The lowest BCUT2D eigenvalue weighted by molar-refractivity contribution is 0.102. The number of nitrogens with zero attached hydrogens (tertiary/aromatic N) is 4. The molecule has 6 nitrogen and oxygen atoms in total. The van der Waals surface area contributed by atoms with Crippen LogP contribution in [0.5, 0.6) is 0 Å². The van der Waals surface area contributed by atoms with E-state index in [0.717, 1.165) is 37.6 Å². The summed E-state index contributed by atoms with van der Waals surface area (Å²) in [5.41, 5.74) is 0.527. The highest BCUT2D eigenvalue weighted by Gasteiger charge is 2.22. The van der Waals surface area contributed by atoms with Gasteiger partial charge in [-0.3, -0.25) is 9.36 Å². The van der Waals surface area contributed by atoms with Gasteiger partial charge in [-0.15, -0.1) is 10.2 Å². The van der Waals surface area contributed by atoms with Crippen molar-refractivity contribution in [1.29, 1.82) is 0 Å². The number of ketones is 1. The molecule has 1 fully saturated rings. The minimum absolute atomic E-state index is 0.0427. The fourth-order valence-electron chi connectivity index (χ4n) is 3.12. The number of rotatable bonds is 7. The molecule has 9 heteroatoms. The number of thioether (sulfide) groups is 1. The monoisotopic (exact) mass is 436 g/mol. The zero-order valence-electron chi connectivity index (χ0n) is 15.0. The Labute approximate surface area is 176 Å². The minimum Gasteiger partial charge on any atom is -0.467 e. The van der Waals surface area contributed by atoms with E-state index in [9.17, 15) is 4.79 Å². The van der Waals surface area contributed by atoms with Crippen molar-refractivity contribution in [3.05, 3.63) is 58.0 Å².